The molecule has 1 amide bonds. The predicted molar refractivity (Wildman–Crippen MR) is 117 cm³/mol. The van der Waals surface area contributed by atoms with Crippen molar-refractivity contribution in [2.24, 2.45) is 0 Å². The van der Waals surface area contributed by atoms with E-state index in [2.05, 4.69) is 10.3 Å². The fourth-order valence-electron chi connectivity index (χ4n) is 3.39. The van der Waals surface area contributed by atoms with Gasteiger partial charge in [0.15, 0.2) is 5.58 Å². The standard InChI is InChI=1S/C24H23N3O4/c1-16(19-9-11-20(12-10-19)30-15-18-6-5-13-25-14-18)26-23(28)17(2)27-21-7-3-4-8-22(21)31-24(27)29/h3-14,16-17H,15H2,1-2H3,(H,26,28). The normalized spacial score (nSPS) is 13.0. The molecular formula is C24H23N3O4. The van der Waals surface area contributed by atoms with Gasteiger partial charge in [0.05, 0.1) is 11.6 Å². The monoisotopic (exact) mass is 417 g/mol. The van der Waals surface area contributed by atoms with Crippen LogP contribution in [0.25, 0.3) is 11.1 Å². The summed E-state index contributed by atoms with van der Waals surface area (Å²) in [6.07, 6.45) is 3.49. The van der Waals surface area contributed by atoms with Crippen LogP contribution in [0, 0.1) is 0 Å². The SMILES string of the molecule is CC(NC(=O)C(C)n1c(=O)oc2ccccc21)c1ccc(OCc2cccnc2)cc1. The number of benzene rings is 2. The summed E-state index contributed by atoms with van der Waals surface area (Å²) in [4.78, 5) is 29.1. The molecule has 0 aliphatic rings. The summed E-state index contributed by atoms with van der Waals surface area (Å²) in [7, 11) is 0. The zero-order valence-electron chi connectivity index (χ0n) is 17.3. The molecule has 2 heterocycles. The van der Waals surface area contributed by atoms with Crippen LogP contribution in [0.3, 0.4) is 0 Å². The molecule has 2 aromatic carbocycles. The van der Waals surface area contributed by atoms with Crippen molar-refractivity contribution in [3.63, 3.8) is 0 Å². The lowest BCUT2D eigenvalue weighted by molar-refractivity contribution is -0.124. The number of nitrogens with one attached hydrogen (secondary N) is 1. The number of nitrogens with zero attached hydrogens (tertiary/aromatic N) is 2. The molecule has 158 valence electrons. The quantitative estimate of drug-likeness (QED) is 0.491. The average molecular weight is 417 g/mol. The second-order valence-corrected chi connectivity index (χ2v) is 7.33. The predicted octanol–water partition coefficient (Wildman–Crippen LogP) is 4.01. The molecule has 2 atom stereocenters. The summed E-state index contributed by atoms with van der Waals surface area (Å²) in [5.74, 6) is -0.0828. The molecule has 0 saturated carbocycles. The maximum Gasteiger partial charge on any atom is 0.420 e. The van der Waals surface area contributed by atoms with Gasteiger partial charge in [-0.3, -0.25) is 14.3 Å². The first-order chi connectivity index (χ1) is 15.0. The van der Waals surface area contributed by atoms with Crippen molar-refractivity contribution in [2.75, 3.05) is 0 Å². The molecule has 0 saturated heterocycles. The highest BCUT2D eigenvalue weighted by atomic mass is 16.5. The van der Waals surface area contributed by atoms with E-state index in [-0.39, 0.29) is 11.9 Å². The number of hydrogen-bond donors (Lipinski definition) is 1. The van der Waals surface area contributed by atoms with Crippen molar-refractivity contribution < 1.29 is 13.9 Å². The van der Waals surface area contributed by atoms with Gasteiger partial charge >= 0.3 is 5.76 Å². The minimum absolute atomic E-state index is 0.240. The number of amides is 1. The smallest absolute Gasteiger partial charge is 0.420 e. The van der Waals surface area contributed by atoms with Gasteiger partial charge < -0.3 is 14.5 Å². The van der Waals surface area contributed by atoms with Crippen LogP contribution in [0.1, 0.15) is 37.1 Å². The number of pyridine rings is 1. The molecule has 2 aromatic heterocycles. The van der Waals surface area contributed by atoms with Gasteiger partial charge in [0.25, 0.3) is 0 Å². The third kappa shape index (κ3) is 4.50. The molecule has 2 unspecified atom stereocenters. The Bertz CT molecular complexity index is 1230. The van der Waals surface area contributed by atoms with E-state index in [0.29, 0.717) is 17.7 Å². The molecule has 0 radical (unpaired) electrons. The molecule has 0 spiro atoms. The molecule has 4 aromatic rings. The van der Waals surface area contributed by atoms with Gasteiger partial charge in [-0.05, 0) is 49.7 Å². The number of carbonyl (C=O) groups excluding carboxylic acids is 1. The Balaban J connectivity index is 1.40. The van der Waals surface area contributed by atoms with E-state index in [1.807, 2.05) is 43.3 Å². The second kappa shape index (κ2) is 8.87. The van der Waals surface area contributed by atoms with Crippen molar-refractivity contribution in [2.45, 2.75) is 32.5 Å². The number of aromatic nitrogens is 2. The van der Waals surface area contributed by atoms with Crippen molar-refractivity contribution in [3.8, 4) is 5.75 Å². The highest BCUT2D eigenvalue weighted by Crippen LogP contribution is 2.21. The van der Waals surface area contributed by atoms with Crippen LogP contribution in [-0.2, 0) is 11.4 Å². The number of para-hydroxylation sites is 2. The molecule has 0 aliphatic carbocycles. The Morgan fingerprint density at radius 2 is 1.87 bits per heavy atom. The van der Waals surface area contributed by atoms with Crippen molar-refractivity contribution in [1.29, 1.82) is 0 Å². The van der Waals surface area contributed by atoms with Gasteiger partial charge in [-0.25, -0.2) is 4.79 Å². The largest absolute Gasteiger partial charge is 0.489 e. The summed E-state index contributed by atoms with van der Waals surface area (Å²) >= 11 is 0. The zero-order valence-corrected chi connectivity index (χ0v) is 17.3. The van der Waals surface area contributed by atoms with E-state index >= 15 is 0 Å². The average Bonchev–Trinajstić information content (AvgIpc) is 3.13. The third-order valence-corrected chi connectivity index (χ3v) is 5.15. The van der Waals surface area contributed by atoms with Crippen molar-refractivity contribution in [3.05, 3.63) is 94.7 Å². The summed E-state index contributed by atoms with van der Waals surface area (Å²) in [5.41, 5.74) is 2.97. The molecule has 7 nitrogen and oxygen atoms in total. The first-order valence-electron chi connectivity index (χ1n) is 10.0. The summed E-state index contributed by atoms with van der Waals surface area (Å²) in [5, 5.41) is 2.96. The van der Waals surface area contributed by atoms with Crippen LogP contribution in [0.5, 0.6) is 5.75 Å². The van der Waals surface area contributed by atoms with Gasteiger partial charge in [0.1, 0.15) is 18.4 Å². The summed E-state index contributed by atoms with van der Waals surface area (Å²) < 4.78 is 12.4. The molecule has 31 heavy (non-hydrogen) atoms. The molecular weight excluding hydrogens is 394 g/mol. The highest BCUT2D eigenvalue weighted by Gasteiger charge is 2.22. The molecule has 0 fully saturated rings. The lowest BCUT2D eigenvalue weighted by atomic mass is 10.1. The van der Waals surface area contributed by atoms with E-state index in [1.54, 1.807) is 43.6 Å². The van der Waals surface area contributed by atoms with E-state index in [0.717, 1.165) is 16.9 Å². The van der Waals surface area contributed by atoms with Gasteiger partial charge in [0.2, 0.25) is 5.91 Å². The molecule has 7 heteroatoms. The van der Waals surface area contributed by atoms with Crippen LogP contribution >= 0.6 is 0 Å². The molecule has 0 bridgehead atoms. The third-order valence-electron chi connectivity index (χ3n) is 5.15. The van der Waals surface area contributed by atoms with E-state index in [9.17, 15) is 9.59 Å². The van der Waals surface area contributed by atoms with Crippen LogP contribution in [0.15, 0.2) is 82.3 Å². The first kappa shape index (κ1) is 20.4. The second-order valence-electron chi connectivity index (χ2n) is 7.33. The first-order valence-corrected chi connectivity index (χ1v) is 10.0. The molecule has 1 N–H and O–H groups in total. The maximum absolute atomic E-state index is 12.8. The van der Waals surface area contributed by atoms with E-state index in [4.69, 9.17) is 9.15 Å². The number of carbonyl (C=O) groups is 1. The fourth-order valence-corrected chi connectivity index (χ4v) is 3.39. The minimum Gasteiger partial charge on any atom is -0.489 e. The Labute approximate surface area is 179 Å². The van der Waals surface area contributed by atoms with Crippen LogP contribution in [0.2, 0.25) is 0 Å². The lowest BCUT2D eigenvalue weighted by Gasteiger charge is -2.19. The number of fused-ring (bicyclic) bond motifs is 1. The van der Waals surface area contributed by atoms with E-state index in [1.165, 1.54) is 4.57 Å². The van der Waals surface area contributed by atoms with Crippen LogP contribution < -0.4 is 15.8 Å². The Morgan fingerprint density at radius 1 is 1.10 bits per heavy atom. The highest BCUT2D eigenvalue weighted by molar-refractivity contribution is 5.83. The number of oxazole rings is 1. The maximum atomic E-state index is 12.8. The van der Waals surface area contributed by atoms with Gasteiger partial charge in [0, 0.05) is 18.0 Å². The number of ether oxygens (including phenoxy) is 1. The lowest BCUT2D eigenvalue weighted by Crippen LogP contribution is -2.35. The fraction of sp³-hybridized carbons (Fsp3) is 0.208. The van der Waals surface area contributed by atoms with Gasteiger partial charge in [-0.1, -0.05) is 30.3 Å². The molecule has 4 rings (SSSR count). The topological polar surface area (TPSA) is 86.4 Å². The Kier molecular flexibility index (Phi) is 5.84. The van der Waals surface area contributed by atoms with Crippen molar-refractivity contribution >= 4 is 17.0 Å². The summed E-state index contributed by atoms with van der Waals surface area (Å²) in [6, 6.07) is 17.5. The molecule has 0 aliphatic heterocycles. The number of hydrogen-bond acceptors (Lipinski definition) is 5. The van der Waals surface area contributed by atoms with Crippen LogP contribution in [0.4, 0.5) is 0 Å². The Hall–Kier alpha value is -3.87. The van der Waals surface area contributed by atoms with Gasteiger partial charge in [-0.15, -0.1) is 0 Å². The summed E-state index contributed by atoms with van der Waals surface area (Å²) in [6.45, 7) is 4.01. The van der Waals surface area contributed by atoms with E-state index < -0.39 is 11.8 Å². The minimum atomic E-state index is -0.708. The Morgan fingerprint density at radius 3 is 2.61 bits per heavy atom. The zero-order chi connectivity index (χ0) is 21.8. The number of rotatable bonds is 7. The van der Waals surface area contributed by atoms with Crippen LogP contribution in [-0.4, -0.2) is 15.5 Å². The van der Waals surface area contributed by atoms with Gasteiger partial charge in [-0.2, -0.15) is 0 Å². The van der Waals surface area contributed by atoms with Crippen molar-refractivity contribution in [1.82, 2.24) is 14.9 Å².